The van der Waals surface area contributed by atoms with Crippen molar-refractivity contribution < 1.29 is 537 Å². The molecule has 0 saturated heterocycles. The Balaban J connectivity index is -0.0000000784. The van der Waals surface area contributed by atoms with E-state index in [-0.39, 0.29) is 379 Å². The van der Waals surface area contributed by atoms with Crippen LogP contribution in [0.5, 0.6) is 0 Å². The molecule has 41 nitrogen and oxygen atoms in total. The largest absolute Gasteiger partial charge is 1.00 e. The number of hydrogen-bond donors (Lipinski definition) is 20. The van der Waals surface area contributed by atoms with E-state index in [0.717, 1.165) is 5.30 Å². The molecule has 0 aliphatic carbocycles. The molecule has 0 radical (unpaired) electrons. The van der Waals surface area contributed by atoms with Crippen molar-refractivity contribution in [1.29, 1.82) is 0 Å². The van der Waals surface area contributed by atoms with E-state index in [9.17, 15) is 61.0 Å². The van der Waals surface area contributed by atoms with Gasteiger partial charge in [-0.2, -0.15) is 8.60 Å². The minimum absolute atomic E-state index is 0. The summed E-state index contributed by atoms with van der Waals surface area (Å²) >= 11 is 0. The van der Waals surface area contributed by atoms with E-state index in [1.807, 2.05) is 49.4 Å². The first-order valence-corrected chi connectivity index (χ1v) is 54.7. The molecule has 0 aliphatic heterocycles. The van der Waals surface area contributed by atoms with Crippen LogP contribution in [-0.4, -0.2) is 136 Å². The Labute approximate surface area is 1040 Å². The first kappa shape index (κ1) is 176. The van der Waals surface area contributed by atoms with Gasteiger partial charge in [-0.15, -0.1) is 0 Å². The molecule has 0 spiro atoms. The van der Waals surface area contributed by atoms with Crippen LogP contribution < -0.4 is 436 Å². The maximum absolute atomic E-state index is 12.2. The summed E-state index contributed by atoms with van der Waals surface area (Å²) in [6.45, 7) is 11.0. The third kappa shape index (κ3) is 121. The molecule has 1 atom stereocenters. The van der Waals surface area contributed by atoms with Crippen molar-refractivity contribution in [3.05, 3.63) is 273 Å². The van der Waals surface area contributed by atoms with Crippen LogP contribution in [0.3, 0.4) is 0 Å². The van der Waals surface area contributed by atoms with Gasteiger partial charge in [-0.3, -0.25) is 53.3 Å². The van der Waals surface area contributed by atoms with Crippen LogP contribution in [0.1, 0.15) is 41.5 Å². The Kier molecular flexibility index (Phi) is 141. The molecule has 0 aliphatic rings. The fraction of sp³-hybridized carbons (Fsp3) is 0.182. The zero-order valence-corrected chi connectivity index (χ0v) is 108. The summed E-state index contributed by atoms with van der Waals surface area (Å²) in [4.78, 5) is 257. The number of benzene rings is 9. The Morgan fingerprint density at radius 3 is 0.515 bits per heavy atom. The number of rotatable bonds is 18. The Bertz CT molecular complexity index is 3980. The monoisotopic (exact) mass is 2250 g/mol. The van der Waals surface area contributed by atoms with E-state index < -0.39 is 120 Å². The van der Waals surface area contributed by atoms with Crippen molar-refractivity contribution >= 4 is 168 Å². The summed E-state index contributed by atoms with van der Waals surface area (Å²) in [6, 6.07) is 74.3. The van der Waals surface area contributed by atoms with Crippen LogP contribution >= 0.6 is 120 Å². The molecular formula is C66H95K3Li2Na5O41P15. The predicted molar refractivity (Wildman–Crippen MR) is 455 cm³/mol. The van der Waals surface area contributed by atoms with E-state index in [1.54, 1.807) is 196 Å². The molecule has 0 fully saturated rings. The summed E-state index contributed by atoms with van der Waals surface area (Å²) < 4.78 is 98.7. The van der Waals surface area contributed by atoms with E-state index in [2.05, 4.69) is 0 Å². The van der Waals surface area contributed by atoms with Gasteiger partial charge in [0.15, 0.2) is 8.38 Å². The fourth-order valence-electron chi connectivity index (χ4n) is 6.03. The van der Waals surface area contributed by atoms with Gasteiger partial charge in [-0.05, 0) is 107 Å². The zero-order valence-electron chi connectivity index (χ0n) is 74.9. The second-order valence-corrected chi connectivity index (χ2v) is 40.9. The van der Waals surface area contributed by atoms with Crippen molar-refractivity contribution in [2.45, 2.75) is 41.5 Å². The van der Waals surface area contributed by atoms with Crippen LogP contribution in [0.25, 0.3) is 0 Å². The van der Waals surface area contributed by atoms with E-state index in [1.165, 1.54) is 69.3 Å². The van der Waals surface area contributed by atoms with Gasteiger partial charge in [-0.25, -0.2) is 0 Å². The van der Waals surface area contributed by atoms with Gasteiger partial charge < -0.3 is 169 Å². The summed E-state index contributed by atoms with van der Waals surface area (Å²) in [7, 11) is -47.5. The minimum atomic E-state index is -4.02. The molecule has 132 heavy (non-hydrogen) atoms. The van der Waals surface area contributed by atoms with E-state index in [4.69, 9.17) is 136 Å². The summed E-state index contributed by atoms with van der Waals surface area (Å²) in [6.07, 6.45) is -0.188. The van der Waals surface area contributed by atoms with Crippen LogP contribution in [0.4, 0.5) is 0 Å². The number of hydrogen-bond acceptors (Lipinski definition) is 27. The van der Waals surface area contributed by atoms with Gasteiger partial charge >= 0.3 is 409 Å². The van der Waals surface area contributed by atoms with E-state index in [0.29, 0.717) is 41.0 Å². The van der Waals surface area contributed by atoms with Gasteiger partial charge in [0.2, 0.25) is 0 Å². The Hall–Kier alpha value is 7.61. The Morgan fingerprint density at radius 1 is 0.265 bits per heavy atom. The van der Waals surface area contributed by atoms with Gasteiger partial charge in [-0.1, -0.05) is 232 Å². The molecule has 690 valence electrons. The maximum Gasteiger partial charge on any atom is 1.00 e. The Morgan fingerprint density at radius 2 is 0.409 bits per heavy atom. The van der Waals surface area contributed by atoms with Crippen molar-refractivity contribution in [3.63, 3.8) is 0 Å². The topological polar surface area (TPSA) is 799 Å². The summed E-state index contributed by atoms with van der Waals surface area (Å²) in [5.74, 6) is 0. The average Bonchev–Trinajstić information content (AvgIpc) is 0.833. The molecule has 9 rings (SSSR count). The third-order valence-corrected chi connectivity index (χ3v) is 23.3. The normalized spacial score (nSPS) is 10.3. The van der Waals surface area contributed by atoms with Crippen LogP contribution in [0, 0.1) is 0 Å². The maximum atomic E-state index is 12.2. The zero-order chi connectivity index (χ0) is 95.4. The molecule has 0 saturated carbocycles. The molecule has 66 heteroatoms. The summed E-state index contributed by atoms with van der Waals surface area (Å²) in [5.41, 5.74) is 0. The van der Waals surface area contributed by atoms with Crippen molar-refractivity contribution in [2.24, 2.45) is 0 Å². The standard InChI is InChI=1S/C10H15O3P.C8H10O2P.4C6H7O3P.C6H7O2P.2C6H5O2P.3C2H7O3P.3K.2Li.5Na.H3O3P.HO3P.O3P/c1-3-12-14(11,13-4-2)10-8-6-5-7-9-10;1-2-10-11(9)8-6-4-3-5-7-8;4*7-10(8,9)6-4-2-1-3-5-6;3*7-9(8)6-4-2-1-3-5-6;3*1-2-6(3,4)5;;;;;;;;;;;3*1-4(2)3/h5-9H,3-4H2,1-2H3;3-7H,2H2,1H3;4*1-5H,(H2,7,8,9);1-5,7-8H;2*1-5H;3*2H2,1H3,(H2,3,4,5);;;;;;;;;;;1-3H;1H;/q;-1;;;;;;2*-2;;;;10*+1;;-2;-3. The molecule has 0 bridgehead atoms. The molecular weight excluding hydrogens is 2160 g/mol. The minimum Gasteiger partial charge on any atom is -0.854 e. The molecule has 1 unspecified atom stereocenters. The average molecular weight is 2260 g/mol. The molecule has 20 N–H and O–H groups in total. The van der Waals surface area contributed by atoms with Gasteiger partial charge in [0.1, 0.15) is 0 Å². The SMILES string of the molecule is CCOP(=O)(OCC)c1ccccc1.CCOP([O-])c1ccccc1.CCP(=O)(O)O.CCP(=O)(O)O.CCP(=O)(O)O.O=P(O)(O)c1ccccc1.O=P(O)(O)c1ccccc1.O=P(O)(O)c1ccccc1.O=P(O)(O)c1ccccc1.OP(O)O.OP(O)c1ccccc1.[K+].[K+].[K+].[Li+].[Li+].[Na+].[Na+].[Na+].[Na+].[Na+].[O-]P([O-])O.[O-]P([O-])[O-].[O-]P([O-])c1ccccc1.[O-]P([O-])c1ccccc1. The molecule has 0 aromatic heterocycles. The third-order valence-electron chi connectivity index (χ3n) is 11.4. The molecule has 9 aromatic rings. The predicted octanol–water partition coefficient (Wildman–Crippen LogP) is -30.1. The molecule has 0 amide bonds. The quantitative estimate of drug-likeness (QED) is 0.0280. The van der Waals surface area contributed by atoms with Gasteiger partial charge in [0.05, 0.1) is 39.7 Å². The first-order chi connectivity index (χ1) is 56.3. The summed E-state index contributed by atoms with van der Waals surface area (Å²) in [5, 5.41) is 2.95. The second-order valence-electron chi connectivity index (χ2n) is 20.7. The smallest absolute Gasteiger partial charge is 0.854 e. The van der Waals surface area contributed by atoms with Crippen LogP contribution in [0.2, 0.25) is 0 Å². The molecule has 9 aromatic carbocycles. The van der Waals surface area contributed by atoms with Crippen LogP contribution in [0.15, 0.2) is 273 Å². The van der Waals surface area contributed by atoms with Crippen molar-refractivity contribution in [3.8, 4) is 0 Å². The van der Waals surface area contributed by atoms with Crippen molar-refractivity contribution in [2.75, 3.05) is 38.3 Å². The first-order valence-electron chi connectivity index (χ1n) is 33.1. The van der Waals surface area contributed by atoms with Gasteiger partial charge in [0, 0.05) is 30.4 Å². The van der Waals surface area contributed by atoms with Gasteiger partial charge in [0.25, 0.3) is 0 Å². The fourth-order valence-corrected chi connectivity index (χ4v) is 11.9. The molecule has 0 heterocycles. The second kappa shape index (κ2) is 106. The van der Waals surface area contributed by atoms with Crippen LogP contribution in [-0.2, 0) is 50.1 Å². The van der Waals surface area contributed by atoms with Crippen molar-refractivity contribution in [1.82, 2.24) is 0 Å². The van der Waals surface area contributed by atoms with E-state index >= 15 is 0 Å².